The van der Waals surface area contributed by atoms with Crippen molar-refractivity contribution in [2.24, 2.45) is 0 Å². The van der Waals surface area contributed by atoms with Gasteiger partial charge in [-0.05, 0) is 74.1 Å². The summed E-state index contributed by atoms with van der Waals surface area (Å²) < 4.78 is 7.36. The summed E-state index contributed by atoms with van der Waals surface area (Å²) in [6, 6.07) is 7.76. The van der Waals surface area contributed by atoms with Crippen LogP contribution in [-0.4, -0.2) is 10.2 Å². The third-order valence-corrected chi connectivity index (χ3v) is 3.35. The third-order valence-electron chi connectivity index (χ3n) is 1.40. The van der Waals surface area contributed by atoms with E-state index < -0.39 is 0 Å². The standard InChI is InChI=1S/C8H4BrIN2OS/c9-7-11-12-8(14-7)13-6-3-1-5(10)2-4-6/h1-4H. The van der Waals surface area contributed by atoms with Crippen LogP contribution >= 0.6 is 49.9 Å². The molecule has 6 heteroatoms. The molecule has 14 heavy (non-hydrogen) atoms. The molecule has 72 valence electrons. The molecule has 0 amide bonds. The highest BCUT2D eigenvalue weighted by Crippen LogP contribution is 2.27. The Bertz CT molecular complexity index is 431. The number of nitrogens with zero attached hydrogens (tertiary/aromatic N) is 2. The molecule has 0 bridgehead atoms. The molecule has 1 aromatic heterocycles. The van der Waals surface area contributed by atoms with Crippen LogP contribution in [0, 0.1) is 3.57 Å². The summed E-state index contributed by atoms with van der Waals surface area (Å²) in [7, 11) is 0. The van der Waals surface area contributed by atoms with E-state index in [2.05, 4.69) is 48.7 Å². The molecule has 0 saturated heterocycles. The molecule has 2 aromatic rings. The number of hydrogen-bond donors (Lipinski definition) is 0. The fourth-order valence-electron chi connectivity index (χ4n) is 0.838. The number of hydrogen-bond acceptors (Lipinski definition) is 4. The molecule has 2 rings (SSSR count). The van der Waals surface area contributed by atoms with Crippen molar-refractivity contribution in [1.29, 1.82) is 0 Å². The number of ether oxygens (including phenoxy) is 1. The van der Waals surface area contributed by atoms with E-state index in [1.165, 1.54) is 14.9 Å². The molecule has 1 heterocycles. The largest absolute Gasteiger partial charge is 0.430 e. The van der Waals surface area contributed by atoms with Gasteiger partial charge in [-0.2, -0.15) is 0 Å². The first-order valence-corrected chi connectivity index (χ1v) is 6.35. The Morgan fingerprint density at radius 3 is 2.50 bits per heavy atom. The van der Waals surface area contributed by atoms with Crippen LogP contribution in [0.3, 0.4) is 0 Å². The second-order valence-electron chi connectivity index (χ2n) is 2.38. The molecule has 0 radical (unpaired) electrons. The fourth-order valence-corrected chi connectivity index (χ4v) is 2.14. The highest BCUT2D eigenvalue weighted by Gasteiger charge is 2.03. The van der Waals surface area contributed by atoms with Crippen LogP contribution in [0.25, 0.3) is 0 Å². The Kier molecular flexibility index (Phi) is 3.34. The lowest BCUT2D eigenvalue weighted by Crippen LogP contribution is -1.82. The third kappa shape index (κ3) is 2.64. The zero-order chi connectivity index (χ0) is 9.97. The second kappa shape index (κ2) is 4.54. The minimum atomic E-state index is 0.540. The number of rotatable bonds is 2. The molecule has 0 aliphatic heterocycles. The van der Waals surface area contributed by atoms with Gasteiger partial charge in [0.05, 0.1) is 0 Å². The summed E-state index contributed by atoms with van der Waals surface area (Å²) in [5.41, 5.74) is 0. The van der Waals surface area contributed by atoms with Gasteiger partial charge in [0.1, 0.15) is 5.75 Å². The fraction of sp³-hybridized carbons (Fsp3) is 0. The van der Waals surface area contributed by atoms with Crippen molar-refractivity contribution >= 4 is 49.9 Å². The molecule has 0 fully saturated rings. The van der Waals surface area contributed by atoms with Crippen LogP contribution in [0.4, 0.5) is 0 Å². The molecule has 0 aliphatic rings. The van der Waals surface area contributed by atoms with Gasteiger partial charge < -0.3 is 4.74 Å². The minimum Gasteiger partial charge on any atom is -0.430 e. The summed E-state index contributed by atoms with van der Waals surface area (Å²) in [4.78, 5) is 0. The average molecular weight is 383 g/mol. The molecule has 0 spiro atoms. The summed E-state index contributed by atoms with van der Waals surface area (Å²) in [6.07, 6.45) is 0. The number of aromatic nitrogens is 2. The maximum Gasteiger partial charge on any atom is 0.300 e. The molecular formula is C8H4BrIN2OS. The maximum atomic E-state index is 5.47. The Morgan fingerprint density at radius 1 is 1.21 bits per heavy atom. The van der Waals surface area contributed by atoms with Crippen molar-refractivity contribution < 1.29 is 4.74 Å². The second-order valence-corrected chi connectivity index (χ2v) is 5.84. The van der Waals surface area contributed by atoms with Crippen LogP contribution in [0.1, 0.15) is 0 Å². The van der Waals surface area contributed by atoms with Gasteiger partial charge in [0.2, 0.25) is 0 Å². The molecule has 0 saturated carbocycles. The Labute approximate surface area is 107 Å². The van der Waals surface area contributed by atoms with Gasteiger partial charge in [0.25, 0.3) is 5.19 Å². The molecular weight excluding hydrogens is 379 g/mol. The first-order valence-electron chi connectivity index (χ1n) is 3.66. The highest BCUT2D eigenvalue weighted by atomic mass is 127. The van der Waals surface area contributed by atoms with E-state index in [1.54, 1.807) is 0 Å². The van der Waals surface area contributed by atoms with Crippen molar-refractivity contribution in [1.82, 2.24) is 10.2 Å². The first-order chi connectivity index (χ1) is 6.74. The molecule has 0 atom stereocenters. The van der Waals surface area contributed by atoms with Crippen LogP contribution in [0.2, 0.25) is 0 Å². The topological polar surface area (TPSA) is 35.0 Å². The predicted molar refractivity (Wildman–Crippen MR) is 66.8 cm³/mol. The average Bonchev–Trinajstić information content (AvgIpc) is 2.56. The van der Waals surface area contributed by atoms with E-state index in [0.29, 0.717) is 5.19 Å². The van der Waals surface area contributed by atoms with Crippen molar-refractivity contribution in [2.75, 3.05) is 0 Å². The van der Waals surface area contributed by atoms with Crippen LogP contribution in [0.5, 0.6) is 10.9 Å². The summed E-state index contributed by atoms with van der Waals surface area (Å²) in [6.45, 7) is 0. The first kappa shape index (κ1) is 10.3. The quantitative estimate of drug-likeness (QED) is 0.743. The van der Waals surface area contributed by atoms with Gasteiger partial charge in [-0.1, -0.05) is 5.10 Å². The van der Waals surface area contributed by atoms with E-state index in [4.69, 9.17) is 4.74 Å². The molecule has 0 N–H and O–H groups in total. The zero-order valence-corrected chi connectivity index (χ0v) is 11.3. The Balaban J connectivity index is 2.15. The van der Waals surface area contributed by atoms with E-state index in [9.17, 15) is 0 Å². The van der Waals surface area contributed by atoms with Crippen molar-refractivity contribution in [3.63, 3.8) is 0 Å². The van der Waals surface area contributed by atoms with Gasteiger partial charge in [-0.15, -0.1) is 5.10 Å². The van der Waals surface area contributed by atoms with Gasteiger partial charge in [0, 0.05) is 3.57 Å². The summed E-state index contributed by atoms with van der Waals surface area (Å²) in [5, 5.41) is 8.16. The lowest BCUT2D eigenvalue weighted by molar-refractivity contribution is 0.473. The van der Waals surface area contributed by atoms with Crippen LogP contribution in [0.15, 0.2) is 28.2 Å². The molecule has 1 aromatic carbocycles. The predicted octanol–water partition coefficient (Wildman–Crippen LogP) is 3.70. The van der Waals surface area contributed by atoms with Crippen LogP contribution in [-0.2, 0) is 0 Å². The molecule has 0 unspecified atom stereocenters. The Hall–Kier alpha value is -0.210. The number of halogens is 2. The smallest absolute Gasteiger partial charge is 0.300 e. The van der Waals surface area contributed by atoms with Gasteiger partial charge in [-0.3, -0.25) is 0 Å². The van der Waals surface area contributed by atoms with Crippen molar-refractivity contribution in [3.8, 4) is 10.9 Å². The lowest BCUT2D eigenvalue weighted by atomic mass is 10.3. The minimum absolute atomic E-state index is 0.540. The zero-order valence-electron chi connectivity index (χ0n) is 6.78. The lowest BCUT2D eigenvalue weighted by Gasteiger charge is -1.99. The van der Waals surface area contributed by atoms with E-state index >= 15 is 0 Å². The normalized spacial score (nSPS) is 10.1. The van der Waals surface area contributed by atoms with E-state index in [1.807, 2.05) is 24.3 Å². The van der Waals surface area contributed by atoms with Crippen LogP contribution < -0.4 is 4.74 Å². The monoisotopic (exact) mass is 382 g/mol. The Morgan fingerprint density at radius 2 is 1.93 bits per heavy atom. The van der Waals surface area contributed by atoms with E-state index in [0.717, 1.165) is 9.67 Å². The van der Waals surface area contributed by atoms with Gasteiger partial charge in [-0.25, -0.2) is 0 Å². The van der Waals surface area contributed by atoms with E-state index in [-0.39, 0.29) is 0 Å². The highest BCUT2D eigenvalue weighted by molar-refractivity contribution is 14.1. The van der Waals surface area contributed by atoms with Gasteiger partial charge in [0.15, 0.2) is 3.92 Å². The molecule has 0 aliphatic carbocycles. The number of benzene rings is 1. The van der Waals surface area contributed by atoms with Crippen molar-refractivity contribution in [3.05, 3.63) is 31.8 Å². The maximum absolute atomic E-state index is 5.47. The van der Waals surface area contributed by atoms with Gasteiger partial charge >= 0.3 is 0 Å². The molecule has 3 nitrogen and oxygen atoms in total. The summed E-state index contributed by atoms with van der Waals surface area (Å²) in [5.74, 6) is 0.772. The summed E-state index contributed by atoms with van der Waals surface area (Å²) >= 11 is 6.82. The van der Waals surface area contributed by atoms with Crippen molar-refractivity contribution in [2.45, 2.75) is 0 Å². The SMILES string of the molecule is Brc1nnc(Oc2ccc(I)cc2)s1.